The lowest BCUT2D eigenvalue weighted by atomic mass is 9.92. The Balaban J connectivity index is 1.82. The molecular formula is C32H31F3N4OS. The first-order valence-electron chi connectivity index (χ1n) is 13.4. The molecule has 0 fully saturated rings. The van der Waals surface area contributed by atoms with Gasteiger partial charge in [-0.25, -0.2) is 0 Å². The van der Waals surface area contributed by atoms with Gasteiger partial charge >= 0.3 is 6.18 Å². The Morgan fingerprint density at radius 3 is 1.95 bits per heavy atom. The molecule has 41 heavy (non-hydrogen) atoms. The molecule has 0 aliphatic carbocycles. The maximum atomic E-state index is 14.0. The number of alkyl halides is 3. The molecule has 0 bridgehead atoms. The van der Waals surface area contributed by atoms with Crippen LogP contribution < -0.4 is 4.90 Å². The van der Waals surface area contributed by atoms with Crippen LogP contribution in [0.3, 0.4) is 0 Å². The summed E-state index contributed by atoms with van der Waals surface area (Å²) in [7, 11) is 0. The number of allylic oxidation sites excluding steroid dienone is 2. The number of halogens is 3. The molecule has 1 aliphatic rings. The van der Waals surface area contributed by atoms with Gasteiger partial charge in [0.2, 0.25) is 5.60 Å². The van der Waals surface area contributed by atoms with E-state index in [2.05, 4.69) is 43.0 Å². The number of nitrogens with zero attached hydrogens (tertiary/aromatic N) is 4. The molecule has 0 spiro atoms. The fourth-order valence-corrected chi connectivity index (χ4v) is 5.11. The number of hydrogen-bond donors (Lipinski definition) is 0. The minimum atomic E-state index is -4.89. The van der Waals surface area contributed by atoms with E-state index in [9.17, 15) is 18.4 Å². The van der Waals surface area contributed by atoms with E-state index in [0.717, 1.165) is 56.1 Å². The van der Waals surface area contributed by atoms with Gasteiger partial charge in [-0.15, -0.1) is 11.3 Å². The van der Waals surface area contributed by atoms with Crippen LogP contribution in [0.1, 0.15) is 61.8 Å². The molecule has 0 amide bonds. The van der Waals surface area contributed by atoms with E-state index in [1.807, 2.05) is 18.2 Å². The molecular weight excluding hydrogens is 545 g/mol. The van der Waals surface area contributed by atoms with Crippen molar-refractivity contribution in [3.63, 3.8) is 0 Å². The van der Waals surface area contributed by atoms with Crippen molar-refractivity contribution in [1.82, 2.24) is 0 Å². The number of hydrogen-bond acceptors (Lipinski definition) is 6. The highest BCUT2D eigenvalue weighted by Gasteiger charge is 2.60. The highest BCUT2D eigenvalue weighted by atomic mass is 32.1. The first kappa shape index (κ1) is 31.3. The molecule has 5 nitrogen and oxygen atoms in total. The summed E-state index contributed by atoms with van der Waals surface area (Å²) >= 11 is 1.37. The number of rotatable bonds is 11. The van der Waals surface area contributed by atoms with Crippen LogP contribution in [-0.4, -0.2) is 24.9 Å². The van der Waals surface area contributed by atoms with E-state index in [0.29, 0.717) is 4.88 Å². The second-order valence-electron chi connectivity index (χ2n) is 9.65. The minimum Gasteiger partial charge on any atom is -0.470 e. The number of unbranched alkanes of at least 4 members (excludes halogenated alkanes) is 2. The minimum absolute atomic E-state index is 0.456. The Morgan fingerprint density at radius 1 is 0.902 bits per heavy atom. The lowest BCUT2D eigenvalue weighted by Gasteiger charge is -2.28. The molecule has 3 rings (SSSR count). The van der Waals surface area contributed by atoms with Gasteiger partial charge in [-0.2, -0.15) is 29.0 Å². The van der Waals surface area contributed by atoms with E-state index < -0.39 is 34.3 Å². The fourth-order valence-electron chi connectivity index (χ4n) is 4.29. The molecule has 9 heteroatoms. The van der Waals surface area contributed by atoms with Crippen molar-refractivity contribution >= 4 is 35.3 Å². The number of anilines is 1. The van der Waals surface area contributed by atoms with Gasteiger partial charge in [0.25, 0.3) is 0 Å². The summed E-state index contributed by atoms with van der Waals surface area (Å²) in [4.78, 5) is 3.98. The summed E-state index contributed by atoms with van der Waals surface area (Å²) in [5.74, 6) is -0.656. The monoisotopic (exact) mass is 576 g/mol. The van der Waals surface area contributed by atoms with Crippen LogP contribution >= 0.6 is 11.3 Å². The molecule has 1 aromatic heterocycles. The Kier molecular flexibility index (Phi) is 10.6. The van der Waals surface area contributed by atoms with Crippen molar-refractivity contribution < 1.29 is 17.9 Å². The Hall–Kier alpha value is -4.26. The normalized spacial score (nSPS) is 17.0. The molecule has 1 unspecified atom stereocenters. The summed E-state index contributed by atoms with van der Waals surface area (Å²) in [6.07, 6.45) is 6.27. The Labute approximate surface area is 243 Å². The van der Waals surface area contributed by atoms with Crippen molar-refractivity contribution in [3.8, 4) is 18.2 Å². The number of ether oxygens (including phenoxy) is 1. The topological polar surface area (TPSA) is 83.8 Å². The van der Waals surface area contributed by atoms with Crippen LogP contribution in [0.4, 0.5) is 18.9 Å². The standard InChI is InChI=1S/C32H31F3N4OS/c1-4-6-18-39(19-7-5-2)25-11-8-23(9-12-25)10-13-26-14-15-27(41-26)16-17-29-28(22-38)30(24(20-36)21-37)40-31(29,3)32(33,34)35/h8-17H,4-7,18-19H2,1-3H3/b13-10+,17-16+. The summed E-state index contributed by atoms with van der Waals surface area (Å²) in [6, 6.07) is 16.7. The third-order valence-electron chi connectivity index (χ3n) is 6.74. The van der Waals surface area contributed by atoms with Gasteiger partial charge in [0.15, 0.2) is 11.3 Å². The van der Waals surface area contributed by atoms with E-state index in [1.165, 1.54) is 41.3 Å². The lowest BCUT2D eigenvalue weighted by Crippen LogP contribution is -2.43. The van der Waals surface area contributed by atoms with Crippen LogP contribution in [0.25, 0.3) is 18.2 Å². The Morgan fingerprint density at radius 2 is 1.46 bits per heavy atom. The molecule has 2 heterocycles. The van der Waals surface area contributed by atoms with Gasteiger partial charge in [0.05, 0.1) is 0 Å². The summed E-state index contributed by atoms with van der Waals surface area (Å²) < 4.78 is 47.1. The smallest absolute Gasteiger partial charge is 0.432 e. The fraction of sp³-hybridized carbons (Fsp3) is 0.344. The van der Waals surface area contributed by atoms with E-state index in [4.69, 9.17) is 15.3 Å². The highest BCUT2D eigenvalue weighted by molar-refractivity contribution is 7.13. The van der Waals surface area contributed by atoms with Gasteiger partial charge < -0.3 is 9.64 Å². The first-order chi connectivity index (χ1) is 19.6. The van der Waals surface area contributed by atoms with Crippen molar-refractivity contribution in [2.45, 2.75) is 58.2 Å². The average molecular weight is 577 g/mol. The molecule has 1 aliphatic heterocycles. The van der Waals surface area contributed by atoms with Crippen molar-refractivity contribution in [3.05, 3.63) is 80.3 Å². The van der Waals surface area contributed by atoms with Crippen molar-refractivity contribution in [2.75, 3.05) is 18.0 Å². The van der Waals surface area contributed by atoms with Gasteiger partial charge in [-0.3, -0.25) is 0 Å². The number of thiophene rings is 1. The molecule has 1 atom stereocenters. The highest BCUT2D eigenvalue weighted by Crippen LogP contribution is 2.49. The maximum absolute atomic E-state index is 14.0. The third-order valence-corrected chi connectivity index (χ3v) is 7.76. The zero-order valence-corrected chi connectivity index (χ0v) is 24.1. The second-order valence-corrected chi connectivity index (χ2v) is 10.8. The average Bonchev–Trinajstić information content (AvgIpc) is 3.53. The van der Waals surface area contributed by atoms with Gasteiger partial charge in [0.1, 0.15) is 23.8 Å². The molecule has 1 aromatic carbocycles. The molecule has 2 aromatic rings. The molecule has 212 valence electrons. The molecule has 0 saturated heterocycles. The van der Waals surface area contributed by atoms with Gasteiger partial charge in [-0.05, 0) is 61.7 Å². The molecule has 0 N–H and O–H groups in total. The summed E-state index contributed by atoms with van der Waals surface area (Å²) in [5, 5.41) is 27.9. The third kappa shape index (κ3) is 7.28. The largest absolute Gasteiger partial charge is 0.470 e. The molecule has 0 radical (unpaired) electrons. The van der Waals surface area contributed by atoms with E-state index in [-0.39, 0.29) is 0 Å². The van der Waals surface area contributed by atoms with Crippen molar-refractivity contribution in [2.24, 2.45) is 0 Å². The van der Waals surface area contributed by atoms with Gasteiger partial charge in [-0.1, -0.05) is 51.0 Å². The Bertz CT molecular complexity index is 1450. The zero-order valence-electron chi connectivity index (χ0n) is 23.3. The number of benzene rings is 1. The predicted octanol–water partition coefficient (Wildman–Crippen LogP) is 8.81. The van der Waals surface area contributed by atoms with Gasteiger partial charge in [0, 0.05) is 34.1 Å². The van der Waals surface area contributed by atoms with Crippen molar-refractivity contribution in [1.29, 1.82) is 15.8 Å². The van der Waals surface area contributed by atoms with Crippen LogP contribution in [0, 0.1) is 34.0 Å². The van der Waals surface area contributed by atoms with E-state index >= 15 is 0 Å². The lowest BCUT2D eigenvalue weighted by molar-refractivity contribution is -0.236. The maximum Gasteiger partial charge on any atom is 0.432 e. The summed E-state index contributed by atoms with van der Waals surface area (Å²) in [5.41, 5.74) is -2.27. The quantitative estimate of drug-likeness (QED) is 0.250. The van der Waals surface area contributed by atoms with Crippen LogP contribution in [-0.2, 0) is 4.74 Å². The molecule has 0 saturated carbocycles. The zero-order chi connectivity index (χ0) is 30.0. The second kappa shape index (κ2) is 13.9. The van der Waals surface area contributed by atoms with Crippen LogP contribution in [0.15, 0.2) is 65.0 Å². The van der Waals surface area contributed by atoms with Crippen LogP contribution in [0.5, 0.6) is 0 Å². The van der Waals surface area contributed by atoms with E-state index in [1.54, 1.807) is 12.1 Å². The first-order valence-corrected chi connectivity index (χ1v) is 14.2. The van der Waals surface area contributed by atoms with Crippen LogP contribution in [0.2, 0.25) is 0 Å². The SMILES string of the molecule is CCCCN(CCCC)c1ccc(/C=C/c2ccc(/C=C/C3=C(C#N)C(=C(C#N)C#N)OC3(C)C(F)(F)F)s2)cc1. The number of nitriles is 3. The summed E-state index contributed by atoms with van der Waals surface area (Å²) in [6.45, 7) is 7.23. The predicted molar refractivity (Wildman–Crippen MR) is 157 cm³/mol.